The van der Waals surface area contributed by atoms with Gasteiger partial charge < -0.3 is 20.5 Å². The summed E-state index contributed by atoms with van der Waals surface area (Å²) >= 11 is 3.62. The van der Waals surface area contributed by atoms with Crippen molar-refractivity contribution >= 4 is 21.7 Å². The van der Waals surface area contributed by atoms with E-state index in [1.165, 1.54) is 0 Å². The highest BCUT2D eigenvalue weighted by Gasteiger charge is 2.38. The van der Waals surface area contributed by atoms with Crippen molar-refractivity contribution in [3.05, 3.63) is 56.9 Å². The lowest BCUT2D eigenvalue weighted by atomic mass is 9.72. The van der Waals surface area contributed by atoms with Gasteiger partial charge in [-0.15, -0.1) is 0 Å². The second kappa shape index (κ2) is 11.5. The molecule has 1 aliphatic carbocycles. The number of carbonyl (C=O) groups is 1. The number of halogens is 1. The Morgan fingerprint density at radius 3 is 2.73 bits per heavy atom. The van der Waals surface area contributed by atoms with E-state index in [0.717, 1.165) is 36.2 Å². The minimum absolute atomic E-state index is 0.119. The second-order valence-electron chi connectivity index (χ2n) is 8.37. The summed E-state index contributed by atoms with van der Waals surface area (Å²) in [7, 11) is 0. The van der Waals surface area contributed by atoms with Gasteiger partial charge in [-0.2, -0.15) is 5.26 Å². The van der Waals surface area contributed by atoms with Gasteiger partial charge in [-0.3, -0.25) is 4.79 Å². The predicted octanol–water partition coefficient (Wildman–Crippen LogP) is 5.26. The van der Waals surface area contributed by atoms with Gasteiger partial charge in [-0.1, -0.05) is 25.5 Å². The van der Waals surface area contributed by atoms with Crippen molar-refractivity contribution in [3.63, 3.8) is 0 Å². The molecule has 1 aromatic rings. The quantitative estimate of drug-likeness (QED) is 0.437. The van der Waals surface area contributed by atoms with Crippen molar-refractivity contribution in [2.45, 2.75) is 52.4 Å². The van der Waals surface area contributed by atoms with Crippen LogP contribution in [0.2, 0.25) is 0 Å². The fourth-order valence-electron chi connectivity index (χ4n) is 4.67. The molecule has 0 saturated carbocycles. The van der Waals surface area contributed by atoms with Crippen LogP contribution in [0.15, 0.2) is 51.3 Å². The lowest BCUT2D eigenvalue weighted by Crippen LogP contribution is -2.34. The molecule has 0 radical (unpaired) electrons. The van der Waals surface area contributed by atoms with Crippen molar-refractivity contribution < 1.29 is 14.3 Å². The Morgan fingerprint density at radius 2 is 2.06 bits per heavy atom. The molecule has 33 heavy (non-hydrogen) atoms. The Morgan fingerprint density at radius 1 is 1.27 bits per heavy atom. The molecule has 2 unspecified atom stereocenters. The second-order valence-corrected chi connectivity index (χ2v) is 9.22. The van der Waals surface area contributed by atoms with Crippen LogP contribution in [0.1, 0.15) is 57.9 Å². The van der Waals surface area contributed by atoms with Crippen LogP contribution >= 0.6 is 15.9 Å². The van der Waals surface area contributed by atoms with Crippen LogP contribution < -0.4 is 20.5 Å². The molecule has 1 aromatic carbocycles. The number of benzene rings is 1. The van der Waals surface area contributed by atoms with E-state index in [1.807, 2.05) is 38.1 Å². The number of ether oxygens (including phenoxy) is 2. The van der Waals surface area contributed by atoms with E-state index in [1.54, 1.807) is 0 Å². The van der Waals surface area contributed by atoms with Crippen LogP contribution in [0.5, 0.6) is 11.5 Å². The van der Waals surface area contributed by atoms with E-state index < -0.39 is 5.92 Å². The highest BCUT2D eigenvalue weighted by atomic mass is 79.9. The first-order valence-electron chi connectivity index (χ1n) is 11.5. The maximum absolute atomic E-state index is 13.3. The summed E-state index contributed by atoms with van der Waals surface area (Å²) in [6.07, 6.45) is 7.11. The van der Waals surface area contributed by atoms with E-state index in [4.69, 9.17) is 15.2 Å². The Balaban J connectivity index is 2.08. The molecule has 0 fully saturated rings. The van der Waals surface area contributed by atoms with E-state index >= 15 is 0 Å². The fourth-order valence-corrected chi connectivity index (χ4v) is 5.24. The minimum Gasteiger partial charge on any atom is -0.490 e. The zero-order valence-corrected chi connectivity index (χ0v) is 21.1. The molecule has 176 valence electrons. The molecular formula is C26H32BrN3O3. The number of nitrogens with two attached hydrogens (primary N) is 1. The first kappa shape index (κ1) is 25.1. The number of nitriles is 1. The summed E-state index contributed by atoms with van der Waals surface area (Å²) < 4.78 is 12.5. The Kier molecular flexibility index (Phi) is 8.76. The summed E-state index contributed by atoms with van der Waals surface area (Å²) in [5.74, 6) is 1.19. The summed E-state index contributed by atoms with van der Waals surface area (Å²) in [5.41, 5.74) is 9.35. The normalized spacial score (nSPS) is 20.5. The van der Waals surface area contributed by atoms with Crippen molar-refractivity contribution in [1.29, 1.82) is 5.26 Å². The zero-order chi connectivity index (χ0) is 24.0. The third-order valence-corrected chi connectivity index (χ3v) is 6.61. The maximum atomic E-state index is 13.3. The molecule has 7 heteroatoms. The summed E-state index contributed by atoms with van der Waals surface area (Å²) in [5, 5.41) is 13.4. The van der Waals surface area contributed by atoms with Gasteiger partial charge in [0.2, 0.25) is 0 Å². The number of hydrogen-bond acceptors (Lipinski definition) is 6. The smallest absolute Gasteiger partial charge is 0.175 e. The minimum atomic E-state index is -0.428. The third-order valence-electron chi connectivity index (χ3n) is 6.02. The molecular weight excluding hydrogens is 482 g/mol. The van der Waals surface area contributed by atoms with E-state index in [-0.39, 0.29) is 5.78 Å². The molecule has 1 heterocycles. The van der Waals surface area contributed by atoms with Gasteiger partial charge >= 0.3 is 0 Å². The van der Waals surface area contributed by atoms with Gasteiger partial charge in [-0.05, 0) is 66.2 Å². The maximum Gasteiger partial charge on any atom is 0.175 e. The summed E-state index contributed by atoms with van der Waals surface area (Å²) in [6, 6.07) is 6.18. The van der Waals surface area contributed by atoms with E-state index in [2.05, 4.69) is 34.2 Å². The van der Waals surface area contributed by atoms with Crippen molar-refractivity contribution in [1.82, 2.24) is 5.32 Å². The van der Waals surface area contributed by atoms with Crippen LogP contribution in [0.25, 0.3) is 0 Å². The molecule has 0 saturated heterocycles. The highest BCUT2D eigenvalue weighted by Crippen LogP contribution is 2.47. The zero-order valence-electron chi connectivity index (χ0n) is 19.5. The average Bonchev–Trinajstić information content (AvgIpc) is 2.77. The number of nitrogens with zero attached hydrogens (tertiary/aromatic N) is 1. The molecule has 1 aliphatic heterocycles. The number of ketones is 1. The van der Waals surface area contributed by atoms with Crippen LogP contribution in [0.3, 0.4) is 0 Å². The molecule has 0 aromatic heterocycles. The summed E-state index contributed by atoms with van der Waals surface area (Å²) in [4.78, 5) is 13.3. The fraction of sp³-hybridized carbons (Fsp3) is 0.462. The number of rotatable bonds is 9. The number of dihydropyridines is 1. The first-order chi connectivity index (χ1) is 15.9. The van der Waals surface area contributed by atoms with Gasteiger partial charge in [0.1, 0.15) is 6.61 Å². The number of carbonyl (C=O) groups excluding carboxylic acids is 1. The standard InChI is InChI=1S/C26H32BrN3O3/c1-4-8-17-11-21-25(22(31)12-17)24(19(15-29)16(3)30-21)18-13-20(27)26(23(14-18)32-5-2)33-10-7-6-9-28/h6-7,13-14,17,24,30H,4-5,8-12,28H2,1-3H3/b7-6+. The molecule has 3 rings (SSSR count). The lowest BCUT2D eigenvalue weighted by molar-refractivity contribution is -0.117. The Bertz CT molecular complexity index is 1040. The first-order valence-corrected chi connectivity index (χ1v) is 12.3. The molecule has 2 aliphatic rings. The van der Waals surface area contributed by atoms with E-state index in [9.17, 15) is 10.1 Å². The molecule has 6 nitrogen and oxygen atoms in total. The topological polar surface area (TPSA) is 97.4 Å². The SMILES string of the molecule is CCCC1CC(=O)C2=C(C1)NC(C)=C(C#N)C2c1cc(Br)c(OC/C=C/CN)c(OCC)c1. The molecule has 0 amide bonds. The number of nitrogens with one attached hydrogen (secondary N) is 1. The van der Waals surface area contributed by atoms with Crippen LogP contribution in [0, 0.1) is 17.2 Å². The van der Waals surface area contributed by atoms with Crippen molar-refractivity contribution in [3.8, 4) is 17.6 Å². The molecule has 2 atom stereocenters. The van der Waals surface area contributed by atoms with Gasteiger partial charge in [0, 0.05) is 29.9 Å². The average molecular weight is 514 g/mol. The molecule has 3 N–H and O–H groups in total. The van der Waals surface area contributed by atoms with Crippen LogP contribution in [-0.2, 0) is 4.79 Å². The lowest BCUT2D eigenvalue weighted by Gasteiger charge is -2.35. The summed E-state index contributed by atoms with van der Waals surface area (Å²) in [6.45, 7) is 7.23. The van der Waals surface area contributed by atoms with Crippen LogP contribution in [0.4, 0.5) is 0 Å². The monoisotopic (exact) mass is 513 g/mol. The van der Waals surface area contributed by atoms with Crippen molar-refractivity contribution in [2.75, 3.05) is 19.8 Å². The van der Waals surface area contributed by atoms with Gasteiger partial charge in [-0.25, -0.2) is 0 Å². The number of Topliss-reactive ketones (excluding diaryl/α,β-unsaturated/α-hetero) is 1. The largest absolute Gasteiger partial charge is 0.490 e. The number of hydrogen-bond donors (Lipinski definition) is 2. The van der Waals surface area contributed by atoms with Gasteiger partial charge in [0.05, 0.1) is 28.6 Å². The Labute approximate surface area is 204 Å². The highest BCUT2D eigenvalue weighted by molar-refractivity contribution is 9.10. The third kappa shape index (κ3) is 5.51. The molecule has 0 bridgehead atoms. The number of allylic oxidation sites excluding steroid dienone is 4. The van der Waals surface area contributed by atoms with Crippen molar-refractivity contribution in [2.24, 2.45) is 11.7 Å². The Hall–Kier alpha value is -2.56. The van der Waals surface area contributed by atoms with Gasteiger partial charge in [0.25, 0.3) is 0 Å². The predicted molar refractivity (Wildman–Crippen MR) is 133 cm³/mol. The van der Waals surface area contributed by atoms with Crippen LogP contribution in [-0.4, -0.2) is 25.5 Å². The molecule has 0 spiro atoms. The van der Waals surface area contributed by atoms with E-state index in [0.29, 0.717) is 59.2 Å². The van der Waals surface area contributed by atoms with Gasteiger partial charge in [0.15, 0.2) is 17.3 Å².